The number of hydrogen-bond donors (Lipinski definition) is 0. The molecule has 0 fully saturated rings. The fraction of sp³-hybridized carbons (Fsp3) is 0.115. The number of rotatable bonds is 8. The van der Waals surface area contributed by atoms with Gasteiger partial charge in [0, 0.05) is 16.0 Å². The summed E-state index contributed by atoms with van der Waals surface area (Å²) in [5.74, 6) is 1.05. The van der Waals surface area contributed by atoms with Crippen LogP contribution < -0.4 is 0 Å². The molecule has 4 rings (SSSR count). The van der Waals surface area contributed by atoms with Crippen LogP contribution in [-0.4, -0.2) is 18.9 Å². The monoisotopic (exact) mass is 556 g/mol. The molecule has 0 spiro atoms. The summed E-state index contributed by atoms with van der Waals surface area (Å²) in [4.78, 5) is 4.58. The average Bonchev–Trinajstić information content (AvgIpc) is 3.27. The van der Waals surface area contributed by atoms with E-state index in [1.807, 2.05) is 55.5 Å². The maximum Gasteiger partial charge on any atom is 0.243 e. The number of furan rings is 1. The Kier molecular flexibility index (Phi) is 7.68. The fourth-order valence-corrected chi connectivity index (χ4v) is 5.05. The molecule has 0 saturated carbocycles. The molecule has 8 heteroatoms. The van der Waals surface area contributed by atoms with E-state index < -0.39 is 10.0 Å². The number of benzene rings is 3. The molecule has 0 unspecified atom stereocenters. The van der Waals surface area contributed by atoms with Crippen molar-refractivity contribution in [2.45, 2.75) is 24.9 Å². The first kappa shape index (κ1) is 24.4. The van der Waals surface area contributed by atoms with E-state index in [0.29, 0.717) is 16.5 Å². The van der Waals surface area contributed by atoms with Crippen molar-refractivity contribution in [3.8, 4) is 0 Å². The molecule has 174 valence electrons. The van der Waals surface area contributed by atoms with Gasteiger partial charge in [0.05, 0.1) is 23.3 Å². The average molecular weight is 558 g/mol. The predicted octanol–water partition coefficient (Wildman–Crippen LogP) is 7.15. The zero-order chi connectivity index (χ0) is 24.1. The third-order valence-electron chi connectivity index (χ3n) is 5.11. The molecular weight excluding hydrogens is 536 g/mol. The second-order valence-corrected chi connectivity index (χ2v) is 11.0. The topological polar surface area (TPSA) is 62.9 Å². The summed E-state index contributed by atoms with van der Waals surface area (Å²) < 4.78 is 35.2. The summed E-state index contributed by atoms with van der Waals surface area (Å²) >= 11 is 9.36. The lowest BCUT2D eigenvalue weighted by molar-refractivity contribution is 0.357. The molecule has 0 atom stereocenters. The van der Waals surface area contributed by atoms with Crippen LogP contribution in [0.3, 0.4) is 0 Å². The lowest BCUT2D eigenvalue weighted by Gasteiger charge is -2.21. The van der Waals surface area contributed by atoms with Crippen molar-refractivity contribution < 1.29 is 12.8 Å². The molecule has 4 aromatic rings. The van der Waals surface area contributed by atoms with E-state index >= 15 is 0 Å². The largest absolute Gasteiger partial charge is 0.459 e. The van der Waals surface area contributed by atoms with Crippen LogP contribution in [0.25, 0.3) is 0 Å². The molecule has 0 bridgehead atoms. The number of sulfonamides is 1. The van der Waals surface area contributed by atoms with Crippen molar-refractivity contribution >= 4 is 49.5 Å². The fourth-order valence-electron chi connectivity index (χ4n) is 3.27. The van der Waals surface area contributed by atoms with Gasteiger partial charge in [-0.05, 0) is 73.2 Å². The van der Waals surface area contributed by atoms with Crippen molar-refractivity contribution in [1.82, 2.24) is 4.31 Å². The van der Waals surface area contributed by atoms with Gasteiger partial charge in [-0.1, -0.05) is 57.4 Å². The molecule has 1 heterocycles. The van der Waals surface area contributed by atoms with E-state index in [9.17, 15) is 8.42 Å². The van der Waals surface area contributed by atoms with Gasteiger partial charge in [-0.25, -0.2) is 8.42 Å². The van der Waals surface area contributed by atoms with Crippen molar-refractivity contribution in [3.05, 3.63) is 117 Å². The Morgan fingerprint density at radius 1 is 0.912 bits per heavy atom. The van der Waals surface area contributed by atoms with Gasteiger partial charge in [-0.3, -0.25) is 4.99 Å². The highest BCUT2D eigenvalue weighted by Crippen LogP contribution is 2.24. The third kappa shape index (κ3) is 6.24. The van der Waals surface area contributed by atoms with E-state index in [1.165, 1.54) is 16.4 Å². The lowest BCUT2D eigenvalue weighted by Crippen LogP contribution is -2.30. The Hall–Kier alpha value is -2.71. The van der Waals surface area contributed by atoms with Crippen molar-refractivity contribution in [2.24, 2.45) is 4.99 Å². The zero-order valence-corrected chi connectivity index (χ0v) is 21.5. The Morgan fingerprint density at radius 3 is 2.26 bits per heavy atom. The molecule has 34 heavy (non-hydrogen) atoms. The molecule has 0 saturated heterocycles. The van der Waals surface area contributed by atoms with Crippen LogP contribution in [0.4, 0.5) is 5.69 Å². The maximum atomic E-state index is 13.5. The van der Waals surface area contributed by atoms with Gasteiger partial charge in [-0.15, -0.1) is 0 Å². The normalized spacial score (nSPS) is 12.0. The first-order chi connectivity index (χ1) is 16.3. The number of aryl methyl sites for hydroxylation is 1. The number of nitrogens with zero attached hydrogens (tertiary/aromatic N) is 2. The summed E-state index contributed by atoms with van der Waals surface area (Å²) in [6.07, 6.45) is 1.62. The minimum absolute atomic E-state index is 0.0744. The van der Waals surface area contributed by atoms with Gasteiger partial charge in [0.2, 0.25) is 10.0 Å². The summed E-state index contributed by atoms with van der Waals surface area (Å²) in [5.41, 5.74) is 2.77. The molecule has 0 aliphatic rings. The standard InChI is InChI=1S/C26H22BrClN2O3S/c1-19-2-4-20(5-3-19)17-30(34(31,32)26-14-8-22(28)9-15-26)18-25-13-12-24(33-25)16-29-23-10-6-21(27)7-11-23/h2-16H,17-18H2,1H3. The van der Waals surface area contributed by atoms with Gasteiger partial charge in [-0.2, -0.15) is 4.31 Å². The van der Waals surface area contributed by atoms with Gasteiger partial charge in [0.15, 0.2) is 0 Å². The van der Waals surface area contributed by atoms with E-state index in [4.69, 9.17) is 16.0 Å². The van der Waals surface area contributed by atoms with Crippen molar-refractivity contribution in [1.29, 1.82) is 0 Å². The van der Waals surface area contributed by atoms with Gasteiger partial charge in [0.25, 0.3) is 0 Å². The van der Waals surface area contributed by atoms with E-state index in [1.54, 1.807) is 30.5 Å². The molecular formula is C26H22BrClN2O3S. The lowest BCUT2D eigenvalue weighted by atomic mass is 10.1. The number of aliphatic imine (C=N–C) groups is 1. The highest BCUT2D eigenvalue weighted by Gasteiger charge is 2.26. The highest BCUT2D eigenvalue weighted by molar-refractivity contribution is 9.10. The molecule has 5 nitrogen and oxygen atoms in total. The van der Waals surface area contributed by atoms with Crippen LogP contribution in [0.5, 0.6) is 0 Å². The van der Waals surface area contributed by atoms with E-state index in [2.05, 4.69) is 20.9 Å². The zero-order valence-electron chi connectivity index (χ0n) is 18.4. The second kappa shape index (κ2) is 10.7. The van der Waals surface area contributed by atoms with E-state index in [0.717, 1.165) is 21.3 Å². The van der Waals surface area contributed by atoms with Crippen LogP contribution in [0, 0.1) is 6.92 Å². The van der Waals surface area contributed by atoms with Crippen LogP contribution in [0.15, 0.2) is 104 Å². The first-order valence-corrected chi connectivity index (χ1v) is 13.1. The molecule has 0 aliphatic carbocycles. The van der Waals surface area contributed by atoms with Gasteiger partial charge in [0.1, 0.15) is 11.5 Å². The summed E-state index contributed by atoms with van der Waals surface area (Å²) in [6, 6.07) is 25.1. The highest BCUT2D eigenvalue weighted by atomic mass is 79.9. The molecule has 3 aromatic carbocycles. The van der Waals surface area contributed by atoms with Crippen LogP contribution in [0.2, 0.25) is 5.02 Å². The van der Waals surface area contributed by atoms with Crippen LogP contribution in [-0.2, 0) is 23.1 Å². The second-order valence-electron chi connectivity index (χ2n) is 7.75. The Morgan fingerprint density at radius 2 is 1.59 bits per heavy atom. The van der Waals surface area contributed by atoms with Crippen LogP contribution >= 0.6 is 27.5 Å². The Bertz CT molecular complexity index is 1380. The van der Waals surface area contributed by atoms with Crippen molar-refractivity contribution in [3.63, 3.8) is 0 Å². The molecule has 0 N–H and O–H groups in total. The summed E-state index contributed by atoms with van der Waals surface area (Å²) in [6.45, 7) is 2.27. The number of hydrogen-bond acceptors (Lipinski definition) is 4. The molecule has 0 radical (unpaired) electrons. The Balaban J connectivity index is 1.58. The van der Waals surface area contributed by atoms with Gasteiger partial charge >= 0.3 is 0 Å². The number of halogens is 2. The first-order valence-electron chi connectivity index (χ1n) is 10.5. The molecule has 0 amide bonds. The summed E-state index contributed by atoms with van der Waals surface area (Å²) in [7, 11) is -3.80. The molecule has 1 aromatic heterocycles. The quantitative estimate of drug-likeness (QED) is 0.216. The SMILES string of the molecule is Cc1ccc(CN(Cc2ccc(C=Nc3ccc(Br)cc3)o2)S(=O)(=O)c2ccc(Cl)cc2)cc1. The molecule has 0 aliphatic heterocycles. The minimum Gasteiger partial charge on any atom is -0.459 e. The minimum atomic E-state index is -3.80. The Labute approximate surface area is 212 Å². The third-order valence-corrected chi connectivity index (χ3v) is 7.70. The van der Waals surface area contributed by atoms with Crippen molar-refractivity contribution in [2.75, 3.05) is 0 Å². The smallest absolute Gasteiger partial charge is 0.243 e. The summed E-state index contributed by atoms with van der Waals surface area (Å²) in [5, 5.41) is 0.477. The maximum absolute atomic E-state index is 13.5. The van der Waals surface area contributed by atoms with E-state index in [-0.39, 0.29) is 18.0 Å². The predicted molar refractivity (Wildman–Crippen MR) is 139 cm³/mol. The van der Waals surface area contributed by atoms with Crippen LogP contribution in [0.1, 0.15) is 22.6 Å². The van der Waals surface area contributed by atoms with Gasteiger partial charge < -0.3 is 4.42 Å².